The zero-order chi connectivity index (χ0) is 18.9. The lowest BCUT2D eigenvalue weighted by molar-refractivity contribution is -0.00372. The third-order valence-electron chi connectivity index (χ3n) is 4.13. The number of hydrogen-bond donors (Lipinski definition) is 4. The molecule has 2 atom stereocenters. The van der Waals surface area contributed by atoms with Gasteiger partial charge in [-0.15, -0.1) is 0 Å². The zero-order valence-electron chi connectivity index (χ0n) is 14.9. The van der Waals surface area contributed by atoms with E-state index in [9.17, 15) is 0 Å². The monoisotopic (exact) mass is 354 g/mol. The first-order valence-corrected chi connectivity index (χ1v) is 8.66. The van der Waals surface area contributed by atoms with Gasteiger partial charge in [-0.05, 0) is 49.2 Å². The van der Waals surface area contributed by atoms with Crippen LogP contribution < -0.4 is 20.9 Å². The van der Waals surface area contributed by atoms with Crippen LogP contribution in [0, 0.1) is 16.7 Å². The molecule has 0 aromatic heterocycles. The second kappa shape index (κ2) is 9.46. The van der Waals surface area contributed by atoms with Crippen LogP contribution >= 0.6 is 0 Å². The summed E-state index contributed by atoms with van der Waals surface area (Å²) in [6.45, 7) is 2.01. The minimum absolute atomic E-state index is 0.0144. The van der Waals surface area contributed by atoms with Gasteiger partial charge in [0, 0.05) is 17.9 Å². The number of ether oxygens (including phenoxy) is 2. The molecule has 0 bridgehead atoms. The molecule has 0 aliphatic carbocycles. The van der Waals surface area contributed by atoms with Gasteiger partial charge in [-0.3, -0.25) is 10.8 Å². The molecule has 2 aromatic rings. The Hall–Kier alpha value is -3.02. The molecule has 0 saturated heterocycles. The van der Waals surface area contributed by atoms with Crippen LogP contribution in [0.3, 0.4) is 0 Å². The van der Waals surface area contributed by atoms with Crippen LogP contribution in [-0.2, 0) is 0 Å². The smallest absolute Gasteiger partial charge is 0.241 e. The van der Waals surface area contributed by atoms with E-state index >= 15 is 0 Å². The molecular weight excluding hydrogens is 328 g/mol. The highest BCUT2D eigenvalue weighted by Crippen LogP contribution is 2.21. The highest BCUT2D eigenvalue weighted by molar-refractivity contribution is 5.94. The number of nitrogens with two attached hydrogens (primary N) is 2. The molecule has 6 heteroatoms. The van der Waals surface area contributed by atoms with Gasteiger partial charge in [-0.2, -0.15) is 0 Å². The van der Waals surface area contributed by atoms with E-state index in [0.717, 1.165) is 6.42 Å². The molecule has 0 heterocycles. The van der Waals surface area contributed by atoms with Crippen molar-refractivity contribution in [1.82, 2.24) is 0 Å². The van der Waals surface area contributed by atoms with Crippen molar-refractivity contribution in [3.63, 3.8) is 0 Å². The van der Waals surface area contributed by atoms with Gasteiger partial charge in [0.25, 0.3) is 0 Å². The van der Waals surface area contributed by atoms with E-state index in [1.807, 2.05) is 37.3 Å². The average molecular weight is 354 g/mol. The van der Waals surface area contributed by atoms with E-state index in [4.69, 9.17) is 31.8 Å². The van der Waals surface area contributed by atoms with Crippen molar-refractivity contribution in [2.24, 2.45) is 17.4 Å². The Labute approximate surface area is 154 Å². The van der Waals surface area contributed by atoms with Crippen LogP contribution in [0.15, 0.2) is 54.6 Å². The molecule has 2 unspecified atom stereocenters. The standard InChI is InChI=1S/C20H26N4O2/c1-2-14(19(21)22)10-13-18(25-16-6-4-3-5-7-16)26-17-11-8-15(9-12-17)20(23)24/h3-9,11-12,14,18H,2,10,13H2,1H3,(H3,21,22)(H3,23,24). The van der Waals surface area contributed by atoms with Gasteiger partial charge in [-0.25, -0.2) is 0 Å². The fourth-order valence-corrected chi connectivity index (χ4v) is 2.57. The Morgan fingerprint density at radius 2 is 1.46 bits per heavy atom. The summed E-state index contributed by atoms with van der Waals surface area (Å²) >= 11 is 0. The predicted octanol–water partition coefficient (Wildman–Crippen LogP) is 3.50. The van der Waals surface area contributed by atoms with Crippen LogP contribution in [0.2, 0.25) is 0 Å². The quantitative estimate of drug-likeness (QED) is 0.297. The maximum Gasteiger partial charge on any atom is 0.241 e. The first kappa shape index (κ1) is 19.3. The Balaban J connectivity index is 2.08. The Bertz CT molecular complexity index is 716. The second-order valence-electron chi connectivity index (χ2n) is 6.05. The van der Waals surface area contributed by atoms with Crippen LogP contribution in [0.1, 0.15) is 31.7 Å². The molecule has 0 spiro atoms. The van der Waals surface area contributed by atoms with E-state index in [0.29, 0.717) is 29.9 Å². The van der Waals surface area contributed by atoms with E-state index in [-0.39, 0.29) is 17.6 Å². The van der Waals surface area contributed by atoms with Crippen molar-refractivity contribution in [3.8, 4) is 11.5 Å². The van der Waals surface area contributed by atoms with Crippen molar-refractivity contribution >= 4 is 11.7 Å². The summed E-state index contributed by atoms with van der Waals surface area (Å²) in [7, 11) is 0. The topological polar surface area (TPSA) is 118 Å². The molecular formula is C20H26N4O2. The maximum absolute atomic E-state index is 7.67. The zero-order valence-corrected chi connectivity index (χ0v) is 14.9. The lowest BCUT2D eigenvalue weighted by Crippen LogP contribution is -2.28. The number of hydrogen-bond acceptors (Lipinski definition) is 4. The van der Waals surface area contributed by atoms with Gasteiger partial charge in [0.05, 0.1) is 5.84 Å². The second-order valence-corrected chi connectivity index (χ2v) is 6.05. The lowest BCUT2D eigenvalue weighted by Gasteiger charge is -2.22. The third-order valence-corrected chi connectivity index (χ3v) is 4.13. The Kier molecular flexibility index (Phi) is 7.02. The van der Waals surface area contributed by atoms with E-state index in [1.165, 1.54) is 0 Å². The molecule has 6 nitrogen and oxygen atoms in total. The number of nitrogen functional groups attached to an aromatic ring is 1. The fraction of sp³-hybridized carbons (Fsp3) is 0.300. The van der Waals surface area contributed by atoms with Crippen molar-refractivity contribution < 1.29 is 9.47 Å². The molecule has 0 radical (unpaired) electrons. The SMILES string of the molecule is CCC(CCC(Oc1ccccc1)Oc1ccc(C(=N)N)cc1)C(=N)N. The number of rotatable bonds is 10. The minimum Gasteiger partial charge on any atom is -0.455 e. The van der Waals surface area contributed by atoms with E-state index in [2.05, 4.69) is 0 Å². The molecule has 0 saturated carbocycles. The molecule has 2 aromatic carbocycles. The predicted molar refractivity (Wildman–Crippen MR) is 104 cm³/mol. The lowest BCUT2D eigenvalue weighted by atomic mass is 9.99. The van der Waals surface area contributed by atoms with Crippen molar-refractivity contribution in [2.45, 2.75) is 32.5 Å². The number of benzene rings is 2. The first-order chi connectivity index (χ1) is 12.5. The highest BCUT2D eigenvalue weighted by Gasteiger charge is 2.17. The number of para-hydroxylation sites is 1. The molecule has 138 valence electrons. The maximum atomic E-state index is 7.67. The van der Waals surface area contributed by atoms with Crippen LogP contribution in [0.25, 0.3) is 0 Å². The summed E-state index contributed by atoms with van der Waals surface area (Å²) in [6.07, 6.45) is 1.60. The van der Waals surface area contributed by atoms with Gasteiger partial charge >= 0.3 is 0 Å². The van der Waals surface area contributed by atoms with Crippen molar-refractivity contribution in [2.75, 3.05) is 0 Å². The summed E-state index contributed by atoms with van der Waals surface area (Å²) in [5.74, 6) is 1.57. The summed E-state index contributed by atoms with van der Waals surface area (Å²) in [4.78, 5) is 0. The molecule has 2 rings (SSSR count). The number of nitrogens with one attached hydrogen (secondary N) is 2. The average Bonchev–Trinajstić information content (AvgIpc) is 2.63. The first-order valence-electron chi connectivity index (χ1n) is 8.66. The van der Waals surface area contributed by atoms with Crippen molar-refractivity contribution in [3.05, 3.63) is 60.2 Å². The van der Waals surface area contributed by atoms with Crippen LogP contribution in [-0.4, -0.2) is 18.0 Å². The summed E-state index contributed by atoms with van der Waals surface area (Å²) < 4.78 is 12.0. The summed E-state index contributed by atoms with van der Waals surface area (Å²) in [6, 6.07) is 16.5. The minimum atomic E-state index is -0.506. The molecule has 6 N–H and O–H groups in total. The van der Waals surface area contributed by atoms with Crippen LogP contribution in [0.5, 0.6) is 11.5 Å². The molecule has 0 fully saturated rings. The van der Waals surface area contributed by atoms with Gasteiger partial charge in [0.2, 0.25) is 6.29 Å². The Morgan fingerprint density at radius 1 is 0.885 bits per heavy atom. The fourth-order valence-electron chi connectivity index (χ4n) is 2.57. The normalized spacial score (nSPS) is 12.8. The largest absolute Gasteiger partial charge is 0.455 e. The molecule has 0 aliphatic rings. The van der Waals surface area contributed by atoms with Crippen molar-refractivity contribution in [1.29, 1.82) is 10.8 Å². The summed E-state index contributed by atoms with van der Waals surface area (Å²) in [5, 5.41) is 15.1. The summed E-state index contributed by atoms with van der Waals surface area (Å²) in [5.41, 5.74) is 11.8. The van der Waals surface area contributed by atoms with Gasteiger partial charge < -0.3 is 20.9 Å². The van der Waals surface area contributed by atoms with E-state index < -0.39 is 6.29 Å². The Morgan fingerprint density at radius 3 is 1.96 bits per heavy atom. The number of amidine groups is 2. The van der Waals surface area contributed by atoms with Crippen LogP contribution in [0.4, 0.5) is 0 Å². The highest BCUT2D eigenvalue weighted by atomic mass is 16.7. The molecule has 26 heavy (non-hydrogen) atoms. The van der Waals surface area contributed by atoms with Gasteiger partial charge in [0.1, 0.15) is 17.3 Å². The van der Waals surface area contributed by atoms with Gasteiger partial charge in [0.15, 0.2) is 0 Å². The molecule has 0 aliphatic heterocycles. The molecule has 0 amide bonds. The van der Waals surface area contributed by atoms with E-state index in [1.54, 1.807) is 24.3 Å². The third kappa shape index (κ3) is 5.81. The van der Waals surface area contributed by atoms with Gasteiger partial charge in [-0.1, -0.05) is 25.1 Å².